The van der Waals surface area contributed by atoms with Crippen molar-refractivity contribution in [2.75, 3.05) is 26.2 Å². The topological polar surface area (TPSA) is 110 Å². The van der Waals surface area contributed by atoms with E-state index in [1.54, 1.807) is 11.0 Å². The Labute approximate surface area is 194 Å². The van der Waals surface area contributed by atoms with Gasteiger partial charge >= 0.3 is 0 Å². The van der Waals surface area contributed by atoms with Crippen molar-refractivity contribution in [3.63, 3.8) is 0 Å². The van der Waals surface area contributed by atoms with Crippen molar-refractivity contribution in [3.05, 3.63) is 57.6 Å². The molecule has 2 aromatic rings. The van der Waals surface area contributed by atoms with Crippen LogP contribution in [-0.4, -0.2) is 54.6 Å². The van der Waals surface area contributed by atoms with Gasteiger partial charge in [-0.15, -0.1) is 0 Å². The number of piperazine rings is 1. The van der Waals surface area contributed by atoms with Crippen LogP contribution >= 0.6 is 0 Å². The van der Waals surface area contributed by atoms with Gasteiger partial charge in [-0.2, -0.15) is 4.31 Å². The highest BCUT2D eigenvalue weighted by Crippen LogP contribution is 2.35. The Bertz CT molecular complexity index is 1150. The summed E-state index contributed by atoms with van der Waals surface area (Å²) in [6.07, 6.45) is 0.408. The van der Waals surface area contributed by atoms with Gasteiger partial charge in [-0.05, 0) is 43.0 Å². The highest BCUT2D eigenvalue weighted by Gasteiger charge is 2.33. The molecule has 0 saturated carbocycles. The number of benzene rings is 2. The molecule has 1 fully saturated rings. The monoisotopic (exact) mass is 475 g/mol. The molecule has 9 nitrogen and oxygen atoms in total. The summed E-state index contributed by atoms with van der Waals surface area (Å²) in [7, 11) is -4.10. The van der Waals surface area contributed by atoms with E-state index in [2.05, 4.69) is 0 Å². The average Bonchev–Trinajstić information content (AvgIpc) is 2.76. The van der Waals surface area contributed by atoms with Gasteiger partial charge in [0, 0.05) is 44.7 Å². The number of ether oxygens (including phenoxy) is 1. The number of aryl methyl sites for hydroxylation is 2. The van der Waals surface area contributed by atoms with Crippen molar-refractivity contribution >= 4 is 21.6 Å². The first-order valence-corrected chi connectivity index (χ1v) is 12.2. The zero-order chi connectivity index (χ0) is 24.3. The molecule has 1 aliphatic rings. The van der Waals surface area contributed by atoms with Gasteiger partial charge in [-0.1, -0.05) is 26.0 Å². The minimum absolute atomic E-state index is 0.00339. The standard InChI is InChI=1S/C23H29N3O6S/c1-16(2)13-23(27)24-9-11-25(12-10-24)33(30,31)22-15-19(26(28)29)7-8-20(22)32-21-14-17(3)5-6-18(21)4/h5-8,14-16H,9-13H2,1-4H3. The lowest BCUT2D eigenvalue weighted by molar-refractivity contribution is -0.385. The third-order valence-electron chi connectivity index (χ3n) is 5.49. The number of hydrogen-bond donors (Lipinski definition) is 0. The number of amides is 1. The smallest absolute Gasteiger partial charge is 0.271 e. The molecule has 3 rings (SSSR count). The molecule has 0 unspecified atom stereocenters. The van der Waals surface area contributed by atoms with Crippen LogP contribution in [0.2, 0.25) is 0 Å². The summed E-state index contributed by atoms with van der Waals surface area (Å²) in [6.45, 7) is 8.40. The zero-order valence-corrected chi connectivity index (χ0v) is 20.1. The molecular formula is C23H29N3O6S. The van der Waals surface area contributed by atoms with E-state index >= 15 is 0 Å². The summed E-state index contributed by atoms with van der Waals surface area (Å²) in [6, 6.07) is 9.13. The van der Waals surface area contributed by atoms with Crippen molar-refractivity contribution < 1.29 is 22.9 Å². The summed E-state index contributed by atoms with van der Waals surface area (Å²) in [5.74, 6) is 0.710. The Balaban J connectivity index is 1.91. The second-order valence-corrected chi connectivity index (χ2v) is 10.5. The summed E-state index contributed by atoms with van der Waals surface area (Å²) in [5.41, 5.74) is 1.40. The molecule has 178 valence electrons. The highest BCUT2D eigenvalue weighted by atomic mass is 32.2. The Morgan fingerprint density at radius 3 is 2.33 bits per heavy atom. The molecule has 0 aromatic heterocycles. The molecule has 1 saturated heterocycles. The van der Waals surface area contributed by atoms with E-state index in [0.29, 0.717) is 12.2 Å². The molecule has 2 aromatic carbocycles. The van der Waals surface area contributed by atoms with Crippen LogP contribution in [0.1, 0.15) is 31.4 Å². The number of rotatable bonds is 7. The lowest BCUT2D eigenvalue weighted by Gasteiger charge is -2.34. The normalized spacial score (nSPS) is 15.0. The SMILES string of the molecule is Cc1ccc(C)c(Oc2ccc([N+](=O)[O-])cc2S(=O)(=O)N2CCN(C(=O)CC(C)C)CC2)c1. The molecule has 1 amide bonds. The van der Waals surface area contributed by atoms with Crippen molar-refractivity contribution in [1.29, 1.82) is 0 Å². The summed E-state index contributed by atoms with van der Waals surface area (Å²) in [5, 5.41) is 11.3. The maximum Gasteiger partial charge on any atom is 0.271 e. The van der Waals surface area contributed by atoms with Gasteiger partial charge in [-0.3, -0.25) is 14.9 Å². The molecule has 1 aliphatic heterocycles. The molecule has 33 heavy (non-hydrogen) atoms. The molecule has 10 heteroatoms. The fourth-order valence-corrected chi connectivity index (χ4v) is 5.18. The number of hydrogen-bond acceptors (Lipinski definition) is 6. The number of nitrogens with zero attached hydrogens (tertiary/aromatic N) is 3. The van der Waals surface area contributed by atoms with Gasteiger partial charge in [0.15, 0.2) is 0 Å². The Morgan fingerprint density at radius 1 is 1.06 bits per heavy atom. The van der Waals surface area contributed by atoms with Crippen LogP contribution in [-0.2, 0) is 14.8 Å². The summed E-state index contributed by atoms with van der Waals surface area (Å²) in [4.78, 5) is 24.4. The summed E-state index contributed by atoms with van der Waals surface area (Å²) >= 11 is 0. The van der Waals surface area contributed by atoms with Crippen molar-refractivity contribution in [2.24, 2.45) is 5.92 Å². The van der Waals surface area contributed by atoms with E-state index in [4.69, 9.17) is 4.74 Å². The lowest BCUT2D eigenvalue weighted by atomic mass is 10.1. The molecule has 0 atom stereocenters. The molecule has 0 radical (unpaired) electrons. The van der Waals surface area contributed by atoms with E-state index in [1.807, 2.05) is 39.8 Å². The number of non-ortho nitro benzene ring substituents is 1. The largest absolute Gasteiger partial charge is 0.456 e. The van der Waals surface area contributed by atoms with E-state index in [0.717, 1.165) is 17.2 Å². The maximum atomic E-state index is 13.5. The molecule has 1 heterocycles. The number of nitro benzene ring substituents is 1. The van der Waals surface area contributed by atoms with Gasteiger partial charge < -0.3 is 9.64 Å². The molecule has 0 aliphatic carbocycles. The minimum atomic E-state index is -4.10. The number of nitro groups is 1. The van der Waals surface area contributed by atoms with Crippen LogP contribution in [0.15, 0.2) is 41.3 Å². The van der Waals surface area contributed by atoms with E-state index < -0.39 is 14.9 Å². The van der Waals surface area contributed by atoms with Crippen molar-refractivity contribution in [2.45, 2.75) is 39.0 Å². The Morgan fingerprint density at radius 2 is 1.73 bits per heavy atom. The van der Waals surface area contributed by atoms with Crippen molar-refractivity contribution in [3.8, 4) is 11.5 Å². The second kappa shape index (κ2) is 9.88. The molecule has 0 bridgehead atoms. The predicted octanol–water partition coefficient (Wildman–Crippen LogP) is 3.88. The van der Waals surface area contributed by atoms with Crippen LogP contribution in [0.5, 0.6) is 11.5 Å². The van der Waals surface area contributed by atoms with E-state index in [9.17, 15) is 23.3 Å². The molecular weight excluding hydrogens is 446 g/mol. The average molecular weight is 476 g/mol. The maximum absolute atomic E-state index is 13.5. The molecule has 0 N–H and O–H groups in total. The van der Waals surface area contributed by atoms with Gasteiger partial charge in [0.25, 0.3) is 5.69 Å². The quantitative estimate of drug-likeness (QED) is 0.444. The first kappa shape index (κ1) is 24.7. The van der Waals surface area contributed by atoms with Crippen LogP contribution < -0.4 is 4.74 Å². The number of sulfonamides is 1. The molecule has 0 spiro atoms. The van der Waals surface area contributed by atoms with Crippen LogP contribution in [0, 0.1) is 29.9 Å². The third-order valence-corrected chi connectivity index (χ3v) is 7.41. The lowest BCUT2D eigenvalue weighted by Crippen LogP contribution is -2.50. The van der Waals surface area contributed by atoms with Crippen LogP contribution in [0.25, 0.3) is 0 Å². The zero-order valence-electron chi connectivity index (χ0n) is 19.3. The highest BCUT2D eigenvalue weighted by molar-refractivity contribution is 7.89. The number of carbonyl (C=O) groups excluding carboxylic acids is 1. The second-order valence-electron chi connectivity index (χ2n) is 8.64. The number of carbonyl (C=O) groups is 1. The Kier molecular flexibility index (Phi) is 7.38. The fourth-order valence-electron chi connectivity index (χ4n) is 3.63. The van der Waals surface area contributed by atoms with E-state index in [1.165, 1.54) is 16.4 Å². The van der Waals surface area contributed by atoms with Crippen LogP contribution in [0.3, 0.4) is 0 Å². The fraction of sp³-hybridized carbons (Fsp3) is 0.435. The Hall–Kier alpha value is -2.98. The van der Waals surface area contributed by atoms with Crippen LogP contribution in [0.4, 0.5) is 5.69 Å². The van der Waals surface area contributed by atoms with E-state index in [-0.39, 0.29) is 54.3 Å². The van der Waals surface area contributed by atoms with Gasteiger partial charge in [0.05, 0.1) is 4.92 Å². The van der Waals surface area contributed by atoms with Gasteiger partial charge in [0.1, 0.15) is 16.4 Å². The third kappa shape index (κ3) is 5.69. The predicted molar refractivity (Wildman–Crippen MR) is 124 cm³/mol. The summed E-state index contributed by atoms with van der Waals surface area (Å²) < 4.78 is 34.2. The van der Waals surface area contributed by atoms with Gasteiger partial charge in [-0.25, -0.2) is 8.42 Å². The van der Waals surface area contributed by atoms with Crippen molar-refractivity contribution in [1.82, 2.24) is 9.21 Å². The van der Waals surface area contributed by atoms with Gasteiger partial charge in [0.2, 0.25) is 15.9 Å². The minimum Gasteiger partial charge on any atom is -0.456 e. The first-order valence-electron chi connectivity index (χ1n) is 10.8. The first-order chi connectivity index (χ1) is 15.5.